The average Bonchev–Trinajstić information content (AvgIpc) is 3.00. The van der Waals surface area contributed by atoms with E-state index in [1.165, 1.54) is 25.7 Å². The first-order valence-electron chi connectivity index (χ1n) is 7.89. The van der Waals surface area contributed by atoms with Crippen LogP contribution in [0.15, 0.2) is 0 Å². The molecule has 0 aromatic carbocycles. The van der Waals surface area contributed by atoms with Crippen molar-refractivity contribution in [3.8, 4) is 0 Å². The van der Waals surface area contributed by atoms with Gasteiger partial charge in [0.2, 0.25) is 0 Å². The first-order chi connectivity index (χ1) is 9.92. The maximum atomic E-state index is 12.8. The molecule has 2 nitrogen and oxygen atoms in total. The number of nitrogens with one attached hydrogen (secondary N) is 1. The second-order valence-corrected chi connectivity index (χ2v) is 6.50. The smallest absolute Gasteiger partial charge is 0.330 e. The second kappa shape index (κ2) is 7.27. The molecule has 2 rings (SSSR count). The van der Waals surface area contributed by atoms with Crippen molar-refractivity contribution in [2.24, 2.45) is 17.8 Å². The van der Waals surface area contributed by atoms with Gasteiger partial charge in [-0.25, -0.2) is 8.78 Å². The van der Waals surface area contributed by atoms with Gasteiger partial charge in [-0.3, -0.25) is 0 Å². The largest absolute Gasteiger partial charge is 0.373 e. The van der Waals surface area contributed by atoms with Crippen molar-refractivity contribution in [2.45, 2.75) is 57.4 Å². The molecule has 4 unspecified atom stereocenters. The predicted molar refractivity (Wildman–Crippen MR) is 72.8 cm³/mol. The van der Waals surface area contributed by atoms with Crippen LogP contribution in [-0.4, -0.2) is 38.1 Å². The van der Waals surface area contributed by atoms with Crippen LogP contribution in [0, 0.1) is 17.8 Å². The summed E-state index contributed by atoms with van der Waals surface area (Å²) in [6.07, 6.45) is 2.35. The zero-order valence-corrected chi connectivity index (χ0v) is 12.5. The van der Waals surface area contributed by atoms with Crippen LogP contribution in [0.1, 0.15) is 39.0 Å². The zero-order chi connectivity index (χ0) is 15.5. The summed E-state index contributed by atoms with van der Waals surface area (Å²) in [4.78, 5) is 0. The molecule has 0 amide bonds. The molecule has 2 saturated carbocycles. The molecule has 0 spiro atoms. The SMILES string of the molecule is CCNC(COCC(F)(F)C(F)F)CC1CC2CCC1C2. The van der Waals surface area contributed by atoms with Crippen LogP contribution in [0.3, 0.4) is 0 Å². The van der Waals surface area contributed by atoms with Crippen molar-refractivity contribution in [2.75, 3.05) is 19.8 Å². The molecule has 0 saturated heterocycles. The van der Waals surface area contributed by atoms with Crippen LogP contribution in [0.5, 0.6) is 0 Å². The zero-order valence-electron chi connectivity index (χ0n) is 12.5. The third-order valence-corrected chi connectivity index (χ3v) is 4.90. The summed E-state index contributed by atoms with van der Waals surface area (Å²) in [5.41, 5.74) is 0. The van der Waals surface area contributed by atoms with Gasteiger partial charge in [-0.15, -0.1) is 0 Å². The quantitative estimate of drug-likeness (QED) is 0.656. The van der Waals surface area contributed by atoms with E-state index in [0.29, 0.717) is 5.92 Å². The fourth-order valence-corrected chi connectivity index (χ4v) is 3.93. The fraction of sp³-hybridized carbons (Fsp3) is 1.00. The van der Waals surface area contributed by atoms with Crippen molar-refractivity contribution in [1.29, 1.82) is 0 Å². The van der Waals surface area contributed by atoms with Crippen LogP contribution in [0.25, 0.3) is 0 Å². The first kappa shape index (κ1) is 17.0. The Hall–Kier alpha value is -0.360. The van der Waals surface area contributed by atoms with E-state index < -0.39 is 19.0 Å². The Morgan fingerprint density at radius 1 is 1.24 bits per heavy atom. The molecule has 2 aliphatic carbocycles. The molecule has 2 aliphatic rings. The van der Waals surface area contributed by atoms with Gasteiger partial charge in [0.25, 0.3) is 0 Å². The molecule has 2 fully saturated rings. The predicted octanol–water partition coefficient (Wildman–Crippen LogP) is 3.71. The third kappa shape index (κ3) is 4.55. The minimum atomic E-state index is -4.05. The fourth-order valence-electron chi connectivity index (χ4n) is 3.93. The van der Waals surface area contributed by atoms with E-state index in [1.807, 2.05) is 6.92 Å². The molecule has 0 aliphatic heterocycles. The van der Waals surface area contributed by atoms with Crippen molar-refractivity contribution in [3.05, 3.63) is 0 Å². The Bertz CT molecular complexity index is 327. The molecule has 124 valence electrons. The Morgan fingerprint density at radius 2 is 2.00 bits per heavy atom. The van der Waals surface area contributed by atoms with Gasteiger partial charge in [0.15, 0.2) is 0 Å². The molecular weight excluding hydrogens is 286 g/mol. The highest BCUT2D eigenvalue weighted by Crippen LogP contribution is 2.49. The summed E-state index contributed by atoms with van der Waals surface area (Å²) < 4.78 is 54.6. The summed E-state index contributed by atoms with van der Waals surface area (Å²) in [5, 5.41) is 3.23. The number of rotatable bonds is 9. The number of ether oxygens (including phenoxy) is 1. The number of fused-ring (bicyclic) bond motifs is 2. The van der Waals surface area contributed by atoms with Crippen molar-refractivity contribution in [1.82, 2.24) is 5.32 Å². The first-order valence-corrected chi connectivity index (χ1v) is 7.89. The average molecular weight is 311 g/mol. The summed E-state index contributed by atoms with van der Waals surface area (Å²) in [5.74, 6) is -1.82. The normalized spacial score (nSPS) is 30.3. The van der Waals surface area contributed by atoms with Gasteiger partial charge in [0.1, 0.15) is 6.61 Å². The Kier molecular flexibility index (Phi) is 5.88. The van der Waals surface area contributed by atoms with E-state index in [0.717, 1.165) is 24.8 Å². The van der Waals surface area contributed by atoms with Crippen molar-refractivity contribution < 1.29 is 22.3 Å². The van der Waals surface area contributed by atoms with Gasteiger partial charge in [0.05, 0.1) is 6.61 Å². The lowest BCUT2D eigenvalue weighted by Gasteiger charge is -2.27. The van der Waals surface area contributed by atoms with Gasteiger partial charge in [-0.1, -0.05) is 13.3 Å². The van der Waals surface area contributed by atoms with E-state index >= 15 is 0 Å². The second-order valence-electron chi connectivity index (χ2n) is 6.50. The molecule has 0 heterocycles. The number of halogens is 4. The molecule has 6 heteroatoms. The van der Waals surface area contributed by atoms with Crippen LogP contribution >= 0.6 is 0 Å². The van der Waals surface area contributed by atoms with Gasteiger partial charge >= 0.3 is 12.3 Å². The monoisotopic (exact) mass is 311 g/mol. The summed E-state index contributed by atoms with van der Waals surface area (Å²) >= 11 is 0. The van der Waals surface area contributed by atoms with Crippen LogP contribution < -0.4 is 5.32 Å². The molecule has 4 atom stereocenters. The summed E-state index contributed by atoms with van der Waals surface area (Å²) in [7, 11) is 0. The van der Waals surface area contributed by atoms with E-state index in [-0.39, 0.29) is 12.6 Å². The van der Waals surface area contributed by atoms with Crippen LogP contribution in [0.4, 0.5) is 17.6 Å². The lowest BCUT2D eigenvalue weighted by molar-refractivity contribution is -0.167. The Morgan fingerprint density at radius 3 is 2.52 bits per heavy atom. The van der Waals surface area contributed by atoms with Crippen molar-refractivity contribution in [3.63, 3.8) is 0 Å². The minimum absolute atomic E-state index is 0.0205. The molecule has 0 radical (unpaired) electrons. The summed E-state index contributed by atoms with van der Waals surface area (Å²) in [6, 6.07) is -0.0205. The highest BCUT2D eigenvalue weighted by Gasteiger charge is 2.42. The number of alkyl halides is 4. The standard InChI is InChI=1S/C15H25F4NO/c1-2-20-13(8-21-9-15(18,19)14(16)17)7-12-6-10-3-4-11(12)5-10/h10-14,20H,2-9H2,1H3. The molecule has 21 heavy (non-hydrogen) atoms. The van der Waals surface area contributed by atoms with Gasteiger partial charge in [-0.2, -0.15) is 8.78 Å². The maximum absolute atomic E-state index is 12.8. The number of hydrogen-bond acceptors (Lipinski definition) is 2. The molecule has 1 N–H and O–H groups in total. The Balaban J connectivity index is 1.74. The number of likely N-dealkylation sites (N-methyl/N-ethyl adjacent to an activating group) is 1. The van der Waals surface area contributed by atoms with Crippen LogP contribution in [0.2, 0.25) is 0 Å². The Labute approximate surface area is 123 Å². The highest BCUT2D eigenvalue weighted by atomic mass is 19.3. The lowest BCUT2D eigenvalue weighted by Crippen LogP contribution is -2.39. The van der Waals surface area contributed by atoms with E-state index in [9.17, 15) is 17.6 Å². The third-order valence-electron chi connectivity index (χ3n) is 4.90. The molecule has 0 aromatic rings. The molecule has 2 bridgehead atoms. The topological polar surface area (TPSA) is 21.3 Å². The van der Waals surface area contributed by atoms with Crippen molar-refractivity contribution >= 4 is 0 Å². The van der Waals surface area contributed by atoms with E-state index in [1.54, 1.807) is 0 Å². The van der Waals surface area contributed by atoms with E-state index in [2.05, 4.69) is 5.32 Å². The van der Waals surface area contributed by atoms with Gasteiger partial charge in [0, 0.05) is 6.04 Å². The maximum Gasteiger partial charge on any atom is 0.330 e. The highest BCUT2D eigenvalue weighted by molar-refractivity contribution is 4.91. The van der Waals surface area contributed by atoms with Crippen LogP contribution in [-0.2, 0) is 4.74 Å². The summed E-state index contributed by atoms with van der Waals surface area (Å²) in [6.45, 7) is 1.54. The molecular formula is C15H25F4NO. The minimum Gasteiger partial charge on any atom is -0.373 e. The lowest BCUT2D eigenvalue weighted by atomic mass is 9.84. The number of hydrogen-bond donors (Lipinski definition) is 1. The van der Waals surface area contributed by atoms with E-state index in [4.69, 9.17) is 4.74 Å². The van der Waals surface area contributed by atoms with Gasteiger partial charge in [-0.05, 0) is 50.0 Å². The molecule has 0 aromatic heterocycles. The van der Waals surface area contributed by atoms with Gasteiger partial charge < -0.3 is 10.1 Å².